The van der Waals surface area contributed by atoms with Crippen LogP contribution in [-0.2, 0) is 13.0 Å². The molecule has 4 heteroatoms. The van der Waals surface area contributed by atoms with Crippen LogP contribution in [0.1, 0.15) is 76.6 Å². The molecule has 1 aromatic heterocycles. The Morgan fingerprint density at radius 2 is 1.71 bits per heavy atom. The van der Waals surface area contributed by atoms with Crippen molar-refractivity contribution in [1.29, 1.82) is 0 Å². The van der Waals surface area contributed by atoms with Gasteiger partial charge in [0.05, 0.1) is 22.0 Å². The Bertz CT molecular complexity index is 404. The lowest BCUT2D eigenvalue weighted by atomic mass is 10.0. The highest BCUT2D eigenvalue weighted by Crippen LogP contribution is 2.23. The van der Waals surface area contributed by atoms with Crippen molar-refractivity contribution >= 4 is 15.9 Å². The van der Waals surface area contributed by atoms with Crippen molar-refractivity contribution in [1.82, 2.24) is 9.78 Å². The Hall–Kier alpha value is -0.350. The highest BCUT2D eigenvalue weighted by molar-refractivity contribution is 9.10. The average molecular weight is 359 g/mol. The number of unbranched alkanes of at least 4 members (excludes halogenated alkanes) is 6. The highest BCUT2D eigenvalue weighted by Gasteiger charge is 2.15. The minimum Gasteiger partial charge on any atom is -0.393 e. The first-order chi connectivity index (χ1) is 10.1. The van der Waals surface area contributed by atoms with Gasteiger partial charge in [-0.3, -0.25) is 4.68 Å². The van der Waals surface area contributed by atoms with E-state index in [-0.39, 0.29) is 6.10 Å². The highest BCUT2D eigenvalue weighted by atomic mass is 79.9. The molecule has 0 radical (unpaired) electrons. The SMILES string of the molecule is CCCCCCCCCC(O)Cc1c(Br)c(C)nn1CC. The third-order valence-corrected chi connectivity index (χ3v) is 5.05. The fraction of sp³-hybridized carbons (Fsp3) is 0.824. The average Bonchev–Trinajstić information content (AvgIpc) is 2.74. The number of halogens is 1. The number of hydrogen-bond acceptors (Lipinski definition) is 2. The Labute approximate surface area is 138 Å². The Morgan fingerprint density at radius 1 is 1.10 bits per heavy atom. The zero-order valence-electron chi connectivity index (χ0n) is 13.9. The molecule has 0 saturated heterocycles. The second kappa shape index (κ2) is 10.4. The van der Waals surface area contributed by atoms with E-state index in [1.807, 2.05) is 11.6 Å². The second-order valence-corrected chi connectivity index (χ2v) is 6.72. The van der Waals surface area contributed by atoms with Crippen LogP contribution in [0.5, 0.6) is 0 Å². The van der Waals surface area contributed by atoms with Crippen molar-refractivity contribution < 1.29 is 5.11 Å². The standard InChI is InChI=1S/C17H31BrN2O/c1-4-6-7-8-9-10-11-12-15(21)13-16-17(18)14(3)19-20(16)5-2/h15,21H,4-13H2,1-3H3. The number of aliphatic hydroxyl groups is 1. The molecule has 0 amide bonds. The van der Waals surface area contributed by atoms with Crippen LogP contribution in [0.15, 0.2) is 4.47 Å². The zero-order chi connectivity index (χ0) is 15.7. The zero-order valence-corrected chi connectivity index (χ0v) is 15.5. The molecule has 1 unspecified atom stereocenters. The predicted molar refractivity (Wildman–Crippen MR) is 92.7 cm³/mol. The summed E-state index contributed by atoms with van der Waals surface area (Å²) in [6, 6.07) is 0. The summed E-state index contributed by atoms with van der Waals surface area (Å²) in [6.45, 7) is 7.19. The smallest absolute Gasteiger partial charge is 0.0738 e. The van der Waals surface area contributed by atoms with Crippen molar-refractivity contribution in [2.75, 3.05) is 0 Å². The third kappa shape index (κ3) is 6.52. The summed E-state index contributed by atoms with van der Waals surface area (Å²) in [5.74, 6) is 0. The quantitative estimate of drug-likeness (QED) is 0.564. The molecular formula is C17H31BrN2O. The maximum absolute atomic E-state index is 10.2. The van der Waals surface area contributed by atoms with Gasteiger partial charge in [-0.15, -0.1) is 0 Å². The summed E-state index contributed by atoms with van der Waals surface area (Å²) < 4.78 is 3.05. The van der Waals surface area contributed by atoms with Crippen LogP contribution in [0.4, 0.5) is 0 Å². The summed E-state index contributed by atoms with van der Waals surface area (Å²) in [5, 5.41) is 14.7. The number of rotatable bonds is 11. The Balaban J connectivity index is 2.26. The van der Waals surface area contributed by atoms with E-state index in [1.54, 1.807) is 0 Å². The van der Waals surface area contributed by atoms with Crippen LogP contribution < -0.4 is 0 Å². The first kappa shape index (κ1) is 18.7. The van der Waals surface area contributed by atoms with E-state index in [1.165, 1.54) is 38.5 Å². The largest absolute Gasteiger partial charge is 0.393 e. The molecule has 0 aliphatic heterocycles. The fourth-order valence-corrected chi connectivity index (χ4v) is 3.17. The maximum atomic E-state index is 10.2. The van der Waals surface area contributed by atoms with Gasteiger partial charge in [-0.05, 0) is 36.2 Å². The van der Waals surface area contributed by atoms with Crippen molar-refractivity contribution in [2.24, 2.45) is 0 Å². The summed E-state index contributed by atoms with van der Waals surface area (Å²) in [6.07, 6.45) is 10.4. The summed E-state index contributed by atoms with van der Waals surface area (Å²) in [4.78, 5) is 0. The topological polar surface area (TPSA) is 38.1 Å². The minimum atomic E-state index is -0.252. The van der Waals surface area contributed by atoms with E-state index in [0.717, 1.165) is 35.2 Å². The summed E-state index contributed by atoms with van der Waals surface area (Å²) >= 11 is 3.59. The van der Waals surface area contributed by atoms with E-state index in [9.17, 15) is 5.11 Å². The molecule has 1 aromatic rings. The fourth-order valence-electron chi connectivity index (χ4n) is 2.73. The number of aryl methyl sites for hydroxylation is 2. The lowest BCUT2D eigenvalue weighted by Gasteiger charge is -2.12. The number of aliphatic hydroxyl groups excluding tert-OH is 1. The van der Waals surface area contributed by atoms with Gasteiger partial charge >= 0.3 is 0 Å². The van der Waals surface area contributed by atoms with Gasteiger partial charge in [0.25, 0.3) is 0 Å². The Morgan fingerprint density at radius 3 is 2.33 bits per heavy atom. The van der Waals surface area contributed by atoms with Crippen LogP contribution >= 0.6 is 15.9 Å². The van der Waals surface area contributed by atoms with E-state index in [0.29, 0.717) is 6.42 Å². The van der Waals surface area contributed by atoms with Crippen molar-refractivity contribution in [3.63, 3.8) is 0 Å². The van der Waals surface area contributed by atoms with Crippen molar-refractivity contribution in [2.45, 2.75) is 91.2 Å². The molecule has 0 saturated carbocycles. The summed E-state index contributed by atoms with van der Waals surface area (Å²) in [5.41, 5.74) is 2.14. The number of hydrogen-bond donors (Lipinski definition) is 1. The molecule has 1 atom stereocenters. The van der Waals surface area contributed by atoms with E-state index in [2.05, 4.69) is 34.9 Å². The first-order valence-electron chi connectivity index (χ1n) is 8.49. The van der Waals surface area contributed by atoms with Crippen molar-refractivity contribution in [3.8, 4) is 0 Å². The molecule has 0 bridgehead atoms. The van der Waals surface area contributed by atoms with Crippen LogP contribution in [-0.4, -0.2) is 21.0 Å². The van der Waals surface area contributed by atoms with Gasteiger partial charge in [0.15, 0.2) is 0 Å². The molecule has 1 heterocycles. The molecular weight excluding hydrogens is 328 g/mol. The van der Waals surface area contributed by atoms with Crippen LogP contribution in [0.3, 0.4) is 0 Å². The normalized spacial score (nSPS) is 12.8. The second-order valence-electron chi connectivity index (χ2n) is 5.93. The van der Waals surface area contributed by atoms with Gasteiger partial charge in [-0.2, -0.15) is 5.10 Å². The van der Waals surface area contributed by atoms with Crippen molar-refractivity contribution in [3.05, 3.63) is 15.9 Å². The number of aromatic nitrogens is 2. The van der Waals surface area contributed by atoms with Gasteiger partial charge in [-0.25, -0.2) is 0 Å². The predicted octanol–water partition coefficient (Wildman–Crippen LogP) is 5.02. The lowest BCUT2D eigenvalue weighted by molar-refractivity contribution is 0.158. The lowest BCUT2D eigenvalue weighted by Crippen LogP contribution is -2.14. The van der Waals surface area contributed by atoms with Gasteiger partial charge in [0, 0.05) is 13.0 Å². The molecule has 0 fully saturated rings. The van der Waals surface area contributed by atoms with Gasteiger partial charge < -0.3 is 5.11 Å². The molecule has 21 heavy (non-hydrogen) atoms. The first-order valence-corrected chi connectivity index (χ1v) is 9.29. The molecule has 0 aromatic carbocycles. The monoisotopic (exact) mass is 358 g/mol. The summed E-state index contributed by atoms with van der Waals surface area (Å²) in [7, 11) is 0. The van der Waals surface area contributed by atoms with E-state index in [4.69, 9.17) is 0 Å². The van der Waals surface area contributed by atoms with E-state index >= 15 is 0 Å². The molecule has 1 rings (SSSR count). The van der Waals surface area contributed by atoms with Crippen LogP contribution in [0.2, 0.25) is 0 Å². The Kier molecular flexibility index (Phi) is 9.25. The molecule has 0 aliphatic rings. The maximum Gasteiger partial charge on any atom is 0.0738 e. The van der Waals surface area contributed by atoms with Gasteiger partial charge in [0.1, 0.15) is 0 Å². The molecule has 3 nitrogen and oxygen atoms in total. The van der Waals surface area contributed by atoms with E-state index < -0.39 is 0 Å². The molecule has 1 N–H and O–H groups in total. The van der Waals surface area contributed by atoms with Gasteiger partial charge in [-0.1, -0.05) is 51.9 Å². The molecule has 0 spiro atoms. The molecule has 0 aliphatic carbocycles. The van der Waals surface area contributed by atoms with Gasteiger partial charge in [0.2, 0.25) is 0 Å². The minimum absolute atomic E-state index is 0.252. The number of nitrogens with zero attached hydrogens (tertiary/aromatic N) is 2. The van der Waals surface area contributed by atoms with Crippen LogP contribution in [0.25, 0.3) is 0 Å². The molecule has 122 valence electrons. The third-order valence-electron chi connectivity index (χ3n) is 4.02. The van der Waals surface area contributed by atoms with Crippen LogP contribution in [0, 0.1) is 6.92 Å².